The molecule has 0 saturated heterocycles. The van der Waals surface area contributed by atoms with Crippen molar-refractivity contribution < 1.29 is 18.7 Å². The molecule has 0 radical (unpaired) electrons. The molecule has 2 amide bonds. The van der Waals surface area contributed by atoms with Crippen LogP contribution in [0.3, 0.4) is 0 Å². The second-order valence-corrected chi connectivity index (χ2v) is 6.39. The molecular formula is C22H22N2O4. The number of rotatable bonds is 7. The first-order chi connectivity index (χ1) is 13.5. The largest absolute Gasteiger partial charge is 0.496 e. The van der Waals surface area contributed by atoms with E-state index in [2.05, 4.69) is 10.6 Å². The zero-order valence-corrected chi connectivity index (χ0v) is 15.8. The maximum Gasteiger partial charge on any atom is 0.291 e. The molecular weight excluding hydrogens is 356 g/mol. The summed E-state index contributed by atoms with van der Waals surface area (Å²) >= 11 is 0. The van der Waals surface area contributed by atoms with Crippen LogP contribution in [0.5, 0.6) is 5.75 Å². The summed E-state index contributed by atoms with van der Waals surface area (Å²) in [6.45, 7) is 2.33. The number of ether oxygens (including phenoxy) is 1. The summed E-state index contributed by atoms with van der Waals surface area (Å²) in [5.74, 6) is 0.605. The van der Waals surface area contributed by atoms with Crippen LogP contribution in [0.4, 0.5) is 5.69 Å². The molecule has 0 fully saturated rings. The Kier molecular flexibility index (Phi) is 6.11. The zero-order chi connectivity index (χ0) is 19.9. The van der Waals surface area contributed by atoms with Crippen LogP contribution >= 0.6 is 0 Å². The Hall–Kier alpha value is -3.54. The zero-order valence-electron chi connectivity index (χ0n) is 15.8. The Labute approximate surface area is 163 Å². The summed E-state index contributed by atoms with van der Waals surface area (Å²) in [6, 6.07) is 16.3. The minimum atomic E-state index is -0.320. The standard InChI is InChI=1S/C22H22N2O4/c1-15-8-9-16(12-20(15)27-2)13-21(25)23-14-17-5-3-6-18(11-17)24-22(26)19-7-4-10-28-19/h3-12H,13-14H2,1-2H3,(H,23,25)(H,24,26). The first-order valence-electron chi connectivity index (χ1n) is 8.89. The maximum atomic E-state index is 12.3. The highest BCUT2D eigenvalue weighted by Crippen LogP contribution is 2.19. The van der Waals surface area contributed by atoms with E-state index in [4.69, 9.17) is 9.15 Å². The van der Waals surface area contributed by atoms with Gasteiger partial charge in [0.15, 0.2) is 5.76 Å². The fourth-order valence-corrected chi connectivity index (χ4v) is 2.78. The summed E-state index contributed by atoms with van der Waals surface area (Å²) < 4.78 is 10.4. The molecule has 0 unspecified atom stereocenters. The number of anilines is 1. The molecule has 144 valence electrons. The van der Waals surface area contributed by atoms with Gasteiger partial charge in [0.25, 0.3) is 5.91 Å². The highest BCUT2D eigenvalue weighted by molar-refractivity contribution is 6.02. The van der Waals surface area contributed by atoms with Crippen LogP contribution in [0, 0.1) is 6.92 Å². The molecule has 3 rings (SSSR count). The van der Waals surface area contributed by atoms with Gasteiger partial charge in [-0.3, -0.25) is 9.59 Å². The van der Waals surface area contributed by atoms with Crippen LogP contribution in [0.2, 0.25) is 0 Å². The van der Waals surface area contributed by atoms with Crippen LogP contribution < -0.4 is 15.4 Å². The van der Waals surface area contributed by atoms with Gasteiger partial charge in [-0.25, -0.2) is 0 Å². The predicted octanol–water partition coefficient (Wildman–Crippen LogP) is 3.71. The fraction of sp³-hybridized carbons (Fsp3) is 0.182. The van der Waals surface area contributed by atoms with E-state index < -0.39 is 0 Å². The van der Waals surface area contributed by atoms with E-state index in [1.165, 1.54) is 6.26 Å². The third-order valence-electron chi connectivity index (χ3n) is 4.26. The van der Waals surface area contributed by atoms with Gasteiger partial charge in [-0.2, -0.15) is 0 Å². The lowest BCUT2D eigenvalue weighted by Crippen LogP contribution is -2.24. The number of carbonyl (C=O) groups excluding carboxylic acids is 2. The van der Waals surface area contributed by atoms with Crippen molar-refractivity contribution in [3.63, 3.8) is 0 Å². The van der Waals surface area contributed by atoms with Crippen LogP contribution in [0.25, 0.3) is 0 Å². The van der Waals surface area contributed by atoms with Crippen molar-refractivity contribution in [2.75, 3.05) is 12.4 Å². The number of aryl methyl sites for hydroxylation is 1. The maximum absolute atomic E-state index is 12.3. The molecule has 0 spiro atoms. The van der Waals surface area contributed by atoms with E-state index in [9.17, 15) is 9.59 Å². The summed E-state index contributed by atoms with van der Waals surface area (Å²) in [5.41, 5.74) is 3.43. The SMILES string of the molecule is COc1cc(CC(=O)NCc2cccc(NC(=O)c3ccco3)c2)ccc1C. The van der Waals surface area contributed by atoms with Crippen molar-refractivity contribution in [3.05, 3.63) is 83.3 Å². The van der Waals surface area contributed by atoms with Gasteiger partial charge in [-0.05, 0) is 53.9 Å². The fourth-order valence-electron chi connectivity index (χ4n) is 2.78. The molecule has 1 heterocycles. The molecule has 0 saturated carbocycles. The number of hydrogen-bond donors (Lipinski definition) is 2. The normalized spacial score (nSPS) is 10.4. The topological polar surface area (TPSA) is 80.6 Å². The molecule has 6 heteroatoms. The molecule has 3 aromatic rings. The number of carbonyl (C=O) groups is 2. The number of hydrogen-bond acceptors (Lipinski definition) is 4. The van der Waals surface area contributed by atoms with Gasteiger partial charge < -0.3 is 19.8 Å². The van der Waals surface area contributed by atoms with Crippen molar-refractivity contribution in [2.45, 2.75) is 19.9 Å². The van der Waals surface area contributed by atoms with E-state index in [0.29, 0.717) is 12.2 Å². The predicted molar refractivity (Wildman–Crippen MR) is 106 cm³/mol. The third kappa shape index (κ3) is 5.01. The number of amides is 2. The molecule has 0 bridgehead atoms. The van der Waals surface area contributed by atoms with Crippen molar-refractivity contribution in [2.24, 2.45) is 0 Å². The van der Waals surface area contributed by atoms with Crippen molar-refractivity contribution in [1.29, 1.82) is 0 Å². The summed E-state index contributed by atoms with van der Waals surface area (Å²) in [5, 5.41) is 5.67. The first kappa shape index (κ1) is 19.2. The third-order valence-corrected chi connectivity index (χ3v) is 4.26. The highest BCUT2D eigenvalue weighted by atomic mass is 16.5. The van der Waals surface area contributed by atoms with E-state index in [-0.39, 0.29) is 24.0 Å². The lowest BCUT2D eigenvalue weighted by molar-refractivity contribution is -0.120. The summed E-state index contributed by atoms with van der Waals surface area (Å²) in [7, 11) is 1.61. The van der Waals surface area contributed by atoms with Gasteiger partial charge in [0.05, 0.1) is 19.8 Å². The molecule has 28 heavy (non-hydrogen) atoms. The Balaban J connectivity index is 1.55. The van der Waals surface area contributed by atoms with E-state index in [0.717, 1.165) is 22.4 Å². The molecule has 6 nitrogen and oxygen atoms in total. The van der Waals surface area contributed by atoms with Gasteiger partial charge >= 0.3 is 0 Å². The monoisotopic (exact) mass is 378 g/mol. The Morgan fingerprint density at radius 2 is 1.89 bits per heavy atom. The van der Waals surface area contributed by atoms with Gasteiger partial charge in [0.2, 0.25) is 5.91 Å². The van der Waals surface area contributed by atoms with Gasteiger partial charge in [0, 0.05) is 12.2 Å². The van der Waals surface area contributed by atoms with Crippen molar-refractivity contribution >= 4 is 17.5 Å². The molecule has 0 aliphatic carbocycles. The Morgan fingerprint density at radius 1 is 1.04 bits per heavy atom. The number of furan rings is 1. The highest BCUT2D eigenvalue weighted by Gasteiger charge is 2.10. The smallest absolute Gasteiger partial charge is 0.291 e. The quantitative estimate of drug-likeness (QED) is 0.657. The van der Waals surface area contributed by atoms with Crippen molar-refractivity contribution in [1.82, 2.24) is 5.32 Å². The molecule has 0 aliphatic heterocycles. The van der Waals surface area contributed by atoms with E-state index >= 15 is 0 Å². The van der Waals surface area contributed by atoms with E-state index in [1.807, 2.05) is 43.3 Å². The second-order valence-electron chi connectivity index (χ2n) is 6.39. The van der Waals surface area contributed by atoms with E-state index in [1.54, 1.807) is 25.3 Å². The number of nitrogens with one attached hydrogen (secondary N) is 2. The minimum Gasteiger partial charge on any atom is -0.496 e. The number of methoxy groups -OCH3 is 1. The lowest BCUT2D eigenvalue weighted by atomic mass is 10.1. The van der Waals surface area contributed by atoms with Crippen LogP contribution in [0.1, 0.15) is 27.2 Å². The summed E-state index contributed by atoms with van der Waals surface area (Å²) in [4.78, 5) is 24.3. The first-order valence-corrected chi connectivity index (χ1v) is 8.89. The molecule has 2 aromatic carbocycles. The molecule has 0 aliphatic rings. The van der Waals surface area contributed by atoms with Crippen LogP contribution in [-0.2, 0) is 17.8 Å². The molecule has 2 N–H and O–H groups in total. The van der Waals surface area contributed by atoms with Crippen LogP contribution in [-0.4, -0.2) is 18.9 Å². The lowest BCUT2D eigenvalue weighted by Gasteiger charge is -2.10. The Bertz CT molecular complexity index is 964. The van der Waals surface area contributed by atoms with Crippen molar-refractivity contribution in [3.8, 4) is 5.75 Å². The average Bonchev–Trinajstić information content (AvgIpc) is 3.23. The van der Waals surface area contributed by atoms with Gasteiger partial charge in [-0.15, -0.1) is 0 Å². The average molecular weight is 378 g/mol. The second kappa shape index (κ2) is 8.90. The summed E-state index contributed by atoms with van der Waals surface area (Å²) in [6.07, 6.45) is 1.72. The molecule has 0 atom stereocenters. The molecule has 1 aromatic heterocycles. The van der Waals surface area contributed by atoms with Gasteiger partial charge in [-0.1, -0.05) is 24.3 Å². The van der Waals surface area contributed by atoms with Crippen LogP contribution in [0.15, 0.2) is 65.3 Å². The van der Waals surface area contributed by atoms with Gasteiger partial charge in [0.1, 0.15) is 5.75 Å². The Morgan fingerprint density at radius 3 is 2.64 bits per heavy atom. The minimum absolute atomic E-state index is 0.0871. The number of benzene rings is 2.